The van der Waals surface area contributed by atoms with Gasteiger partial charge in [0.2, 0.25) is 0 Å². The molecule has 1 unspecified atom stereocenters. The quantitative estimate of drug-likeness (QED) is 0.884. The summed E-state index contributed by atoms with van der Waals surface area (Å²) in [6.45, 7) is 1.97. The monoisotopic (exact) mass is 240 g/mol. The molecule has 0 spiro atoms. The molecule has 0 saturated carbocycles. The van der Waals surface area contributed by atoms with Gasteiger partial charge in [0.25, 0.3) is 0 Å². The van der Waals surface area contributed by atoms with E-state index in [9.17, 15) is 4.39 Å². The maximum Gasteiger partial charge on any atom is 0.125 e. The van der Waals surface area contributed by atoms with Gasteiger partial charge >= 0.3 is 0 Å². The van der Waals surface area contributed by atoms with Crippen molar-refractivity contribution in [3.63, 3.8) is 0 Å². The summed E-state index contributed by atoms with van der Waals surface area (Å²) in [7, 11) is 0. The molecule has 0 bridgehead atoms. The standard InChI is InChI=1S/C15H13FN2/c1-11(13-5-2-4-12(8-13)10-17)18-15-7-3-6-14(16)9-15/h2-9,11,18H,1H3. The summed E-state index contributed by atoms with van der Waals surface area (Å²) in [5.41, 5.74) is 2.35. The van der Waals surface area contributed by atoms with Gasteiger partial charge in [-0.15, -0.1) is 0 Å². The molecule has 0 aliphatic rings. The molecule has 2 aromatic rings. The number of nitrogens with zero attached hydrogens (tertiary/aromatic N) is 1. The Morgan fingerprint density at radius 3 is 2.67 bits per heavy atom. The highest BCUT2D eigenvalue weighted by atomic mass is 19.1. The second kappa shape index (κ2) is 5.33. The number of nitrogens with one attached hydrogen (secondary N) is 1. The molecule has 0 aliphatic carbocycles. The minimum absolute atomic E-state index is 0.0140. The molecule has 2 rings (SSSR count). The van der Waals surface area contributed by atoms with Crippen molar-refractivity contribution in [2.24, 2.45) is 0 Å². The van der Waals surface area contributed by atoms with Crippen molar-refractivity contribution in [2.45, 2.75) is 13.0 Å². The van der Waals surface area contributed by atoms with E-state index in [1.54, 1.807) is 12.1 Å². The molecule has 0 fully saturated rings. The third kappa shape index (κ3) is 2.86. The molecule has 18 heavy (non-hydrogen) atoms. The van der Waals surface area contributed by atoms with Gasteiger partial charge in [0, 0.05) is 11.7 Å². The summed E-state index contributed by atoms with van der Waals surface area (Å²) >= 11 is 0. The fourth-order valence-electron chi connectivity index (χ4n) is 1.79. The van der Waals surface area contributed by atoms with Crippen LogP contribution in [-0.2, 0) is 0 Å². The molecule has 0 saturated heterocycles. The minimum atomic E-state index is -0.266. The van der Waals surface area contributed by atoms with E-state index in [-0.39, 0.29) is 11.9 Å². The smallest absolute Gasteiger partial charge is 0.125 e. The van der Waals surface area contributed by atoms with Crippen molar-refractivity contribution < 1.29 is 4.39 Å². The second-order valence-corrected chi connectivity index (χ2v) is 4.11. The van der Waals surface area contributed by atoms with E-state index in [4.69, 9.17) is 5.26 Å². The molecule has 0 amide bonds. The second-order valence-electron chi connectivity index (χ2n) is 4.11. The van der Waals surface area contributed by atoms with Gasteiger partial charge < -0.3 is 5.32 Å². The summed E-state index contributed by atoms with van der Waals surface area (Å²) < 4.78 is 13.1. The summed E-state index contributed by atoms with van der Waals surface area (Å²) in [6.07, 6.45) is 0. The van der Waals surface area contributed by atoms with E-state index < -0.39 is 0 Å². The summed E-state index contributed by atoms with van der Waals surface area (Å²) in [6, 6.07) is 15.8. The number of hydrogen-bond acceptors (Lipinski definition) is 2. The van der Waals surface area contributed by atoms with E-state index in [1.807, 2.05) is 31.2 Å². The maximum absolute atomic E-state index is 13.1. The van der Waals surface area contributed by atoms with Crippen LogP contribution in [0.3, 0.4) is 0 Å². The van der Waals surface area contributed by atoms with E-state index in [0.29, 0.717) is 5.56 Å². The highest BCUT2D eigenvalue weighted by Crippen LogP contribution is 2.20. The molecule has 3 heteroatoms. The van der Waals surface area contributed by atoms with Crippen molar-refractivity contribution in [3.8, 4) is 6.07 Å². The molecule has 0 aromatic heterocycles. The van der Waals surface area contributed by atoms with Crippen molar-refractivity contribution >= 4 is 5.69 Å². The first-order valence-electron chi connectivity index (χ1n) is 5.71. The zero-order chi connectivity index (χ0) is 13.0. The maximum atomic E-state index is 13.1. The first-order valence-corrected chi connectivity index (χ1v) is 5.71. The summed E-state index contributed by atoms with van der Waals surface area (Å²) in [4.78, 5) is 0. The Kier molecular flexibility index (Phi) is 3.59. The predicted molar refractivity (Wildman–Crippen MR) is 69.6 cm³/mol. The van der Waals surface area contributed by atoms with E-state index in [0.717, 1.165) is 11.3 Å². The largest absolute Gasteiger partial charge is 0.378 e. The summed E-state index contributed by atoms with van der Waals surface area (Å²) in [5.74, 6) is -0.266. The number of rotatable bonds is 3. The molecule has 0 radical (unpaired) electrons. The Hall–Kier alpha value is -2.34. The Balaban J connectivity index is 2.17. The fourth-order valence-corrected chi connectivity index (χ4v) is 1.79. The number of anilines is 1. The van der Waals surface area contributed by atoms with Crippen molar-refractivity contribution in [1.29, 1.82) is 5.26 Å². The van der Waals surface area contributed by atoms with Crippen LogP contribution >= 0.6 is 0 Å². The van der Waals surface area contributed by atoms with Gasteiger partial charge in [-0.2, -0.15) is 5.26 Å². The van der Waals surface area contributed by atoms with Crippen LogP contribution in [0.2, 0.25) is 0 Å². The van der Waals surface area contributed by atoms with Crippen LogP contribution < -0.4 is 5.32 Å². The lowest BCUT2D eigenvalue weighted by Crippen LogP contribution is -2.06. The zero-order valence-electron chi connectivity index (χ0n) is 10.0. The number of benzene rings is 2. The van der Waals surface area contributed by atoms with Gasteiger partial charge in [-0.3, -0.25) is 0 Å². The average Bonchev–Trinajstić information content (AvgIpc) is 2.39. The number of halogens is 1. The van der Waals surface area contributed by atoms with E-state index in [1.165, 1.54) is 12.1 Å². The van der Waals surface area contributed by atoms with Gasteiger partial charge in [0.1, 0.15) is 5.82 Å². The Morgan fingerprint density at radius 2 is 1.94 bits per heavy atom. The molecule has 2 nitrogen and oxygen atoms in total. The minimum Gasteiger partial charge on any atom is -0.378 e. The van der Waals surface area contributed by atoms with Gasteiger partial charge in [-0.25, -0.2) is 4.39 Å². The van der Waals surface area contributed by atoms with Crippen LogP contribution in [-0.4, -0.2) is 0 Å². The average molecular weight is 240 g/mol. The number of nitriles is 1. The van der Waals surface area contributed by atoms with Crippen LogP contribution in [0.15, 0.2) is 48.5 Å². The summed E-state index contributed by atoms with van der Waals surface area (Å²) in [5, 5.41) is 12.1. The van der Waals surface area contributed by atoms with E-state index >= 15 is 0 Å². The third-order valence-corrected chi connectivity index (χ3v) is 2.72. The van der Waals surface area contributed by atoms with Crippen LogP contribution in [0.5, 0.6) is 0 Å². The lowest BCUT2D eigenvalue weighted by Gasteiger charge is -2.15. The predicted octanol–water partition coefficient (Wildman–Crippen LogP) is 3.87. The molecule has 0 heterocycles. The topological polar surface area (TPSA) is 35.8 Å². The van der Waals surface area contributed by atoms with Crippen molar-refractivity contribution in [3.05, 3.63) is 65.5 Å². The van der Waals surface area contributed by atoms with Gasteiger partial charge in [-0.1, -0.05) is 18.2 Å². The van der Waals surface area contributed by atoms with Gasteiger partial charge in [-0.05, 0) is 42.8 Å². The first kappa shape index (κ1) is 12.1. The molecule has 1 N–H and O–H groups in total. The Labute approximate surface area is 106 Å². The van der Waals surface area contributed by atoms with Crippen LogP contribution in [0.1, 0.15) is 24.1 Å². The third-order valence-electron chi connectivity index (χ3n) is 2.72. The molecule has 90 valence electrons. The zero-order valence-corrected chi connectivity index (χ0v) is 10.0. The lowest BCUT2D eigenvalue weighted by molar-refractivity contribution is 0.628. The van der Waals surface area contributed by atoms with Crippen molar-refractivity contribution in [2.75, 3.05) is 5.32 Å². The molecular formula is C15H13FN2. The van der Waals surface area contributed by atoms with E-state index in [2.05, 4.69) is 11.4 Å². The number of hydrogen-bond donors (Lipinski definition) is 1. The normalized spacial score (nSPS) is 11.6. The highest BCUT2D eigenvalue weighted by Gasteiger charge is 2.06. The SMILES string of the molecule is CC(Nc1cccc(F)c1)c1cccc(C#N)c1. The van der Waals surface area contributed by atoms with Crippen LogP contribution in [0.25, 0.3) is 0 Å². The molecular weight excluding hydrogens is 227 g/mol. The lowest BCUT2D eigenvalue weighted by atomic mass is 10.1. The van der Waals surface area contributed by atoms with Crippen molar-refractivity contribution in [1.82, 2.24) is 0 Å². The van der Waals surface area contributed by atoms with Crippen LogP contribution in [0, 0.1) is 17.1 Å². The fraction of sp³-hybridized carbons (Fsp3) is 0.133. The van der Waals surface area contributed by atoms with Crippen LogP contribution in [0.4, 0.5) is 10.1 Å². The van der Waals surface area contributed by atoms with Gasteiger partial charge in [0.15, 0.2) is 0 Å². The van der Waals surface area contributed by atoms with Gasteiger partial charge in [0.05, 0.1) is 11.6 Å². The Bertz CT molecular complexity index is 587. The molecule has 2 aromatic carbocycles. The molecule has 0 aliphatic heterocycles. The highest BCUT2D eigenvalue weighted by molar-refractivity contribution is 5.46. The first-order chi connectivity index (χ1) is 8.69. The molecule has 1 atom stereocenters. The Morgan fingerprint density at radius 1 is 1.17 bits per heavy atom.